The molecule has 0 radical (unpaired) electrons. The first-order valence-corrected chi connectivity index (χ1v) is 8.25. The number of hydrogen-bond donors (Lipinski definition) is 1. The second-order valence-electron chi connectivity index (χ2n) is 6.73. The van der Waals surface area contributed by atoms with Crippen LogP contribution in [0.15, 0.2) is 30.3 Å². The van der Waals surface area contributed by atoms with E-state index in [0.717, 1.165) is 5.56 Å². The molecule has 1 aliphatic rings. The zero-order valence-corrected chi connectivity index (χ0v) is 14.2. The summed E-state index contributed by atoms with van der Waals surface area (Å²) >= 11 is 0. The van der Waals surface area contributed by atoms with Crippen molar-refractivity contribution in [2.45, 2.75) is 38.8 Å². The van der Waals surface area contributed by atoms with Crippen molar-refractivity contribution in [2.75, 3.05) is 20.1 Å². The number of likely N-dealkylation sites (N-methyl/N-ethyl adjacent to an activating group) is 1. The highest BCUT2D eigenvalue weighted by Crippen LogP contribution is 2.19. The van der Waals surface area contributed by atoms with Gasteiger partial charge in [0.1, 0.15) is 6.04 Å². The van der Waals surface area contributed by atoms with E-state index in [4.69, 9.17) is 5.73 Å². The standard InChI is InChI=1S/C18H27N3O2/c1-13(2)11-16-18(23)20(3)9-10-21(16)17(22)15(19)12-14-7-5-4-6-8-14/h4-8,13,15-16H,9-12,19H2,1-3H3/t15-,16?/m0/s1. The van der Waals surface area contributed by atoms with Gasteiger partial charge in [-0.05, 0) is 24.3 Å². The highest BCUT2D eigenvalue weighted by atomic mass is 16.2. The van der Waals surface area contributed by atoms with E-state index in [0.29, 0.717) is 31.8 Å². The topological polar surface area (TPSA) is 66.6 Å². The Morgan fingerprint density at radius 3 is 2.52 bits per heavy atom. The van der Waals surface area contributed by atoms with Crippen LogP contribution in [-0.4, -0.2) is 53.8 Å². The number of carbonyl (C=O) groups excluding carboxylic acids is 2. The SMILES string of the molecule is CC(C)CC1C(=O)N(C)CCN1C(=O)[C@@H](N)Cc1ccccc1. The number of benzene rings is 1. The van der Waals surface area contributed by atoms with Crippen LogP contribution >= 0.6 is 0 Å². The van der Waals surface area contributed by atoms with Gasteiger partial charge >= 0.3 is 0 Å². The van der Waals surface area contributed by atoms with Crippen molar-refractivity contribution in [2.24, 2.45) is 11.7 Å². The summed E-state index contributed by atoms with van der Waals surface area (Å²) in [6.07, 6.45) is 1.17. The smallest absolute Gasteiger partial charge is 0.245 e. The van der Waals surface area contributed by atoms with Gasteiger partial charge in [0.2, 0.25) is 11.8 Å². The van der Waals surface area contributed by atoms with Crippen LogP contribution in [0.1, 0.15) is 25.8 Å². The van der Waals surface area contributed by atoms with Crippen molar-refractivity contribution in [3.8, 4) is 0 Å². The van der Waals surface area contributed by atoms with Crippen LogP contribution in [-0.2, 0) is 16.0 Å². The third-order valence-corrected chi connectivity index (χ3v) is 4.31. The average molecular weight is 317 g/mol. The number of amides is 2. The Bertz CT molecular complexity index is 544. The van der Waals surface area contributed by atoms with Gasteiger partial charge in [-0.25, -0.2) is 0 Å². The molecule has 0 aromatic heterocycles. The summed E-state index contributed by atoms with van der Waals surface area (Å²) in [6, 6.07) is 8.75. The molecule has 0 saturated carbocycles. The number of piperazine rings is 1. The number of nitrogens with zero attached hydrogens (tertiary/aromatic N) is 2. The fourth-order valence-corrected chi connectivity index (χ4v) is 3.02. The summed E-state index contributed by atoms with van der Waals surface area (Å²) in [5, 5.41) is 0. The van der Waals surface area contributed by atoms with Crippen molar-refractivity contribution in [1.82, 2.24) is 9.80 Å². The molecule has 23 heavy (non-hydrogen) atoms. The summed E-state index contributed by atoms with van der Waals surface area (Å²) in [4.78, 5) is 28.6. The van der Waals surface area contributed by atoms with Gasteiger partial charge in [-0.15, -0.1) is 0 Å². The van der Waals surface area contributed by atoms with Crippen molar-refractivity contribution in [3.05, 3.63) is 35.9 Å². The molecule has 5 heteroatoms. The van der Waals surface area contributed by atoms with Crippen molar-refractivity contribution >= 4 is 11.8 Å². The van der Waals surface area contributed by atoms with Crippen LogP contribution in [0, 0.1) is 5.92 Å². The molecule has 1 aliphatic heterocycles. The Kier molecular flexibility index (Phi) is 5.77. The zero-order chi connectivity index (χ0) is 17.0. The normalized spacial score (nSPS) is 20.0. The van der Waals surface area contributed by atoms with Crippen molar-refractivity contribution in [3.63, 3.8) is 0 Å². The van der Waals surface area contributed by atoms with E-state index >= 15 is 0 Å². The van der Waals surface area contributed by atoms with Crippen LogP contribution in [0.4, 0.5) is 0 Å². The largest absolute Gasteiger partial charge is 0.342 e. The number of hydrogen-bond acceptors (Lipinski definition) is 3. The molecule has 2 rings (SSSR count). The minimum absolute atomic E-state index is 0.0187. The Labute approximate surface area is 138 Å². The molecule has 1 aromatic rings. The van der Waals surface area contributed by atoms with Gasteiger partial charge in [0.15, 0.2) is 0 Å². The summed E-state index contributed by atoms with van der Waals surface area (Å²) in [7, 11) is 1.79. The lowest BCUT2D eigenvalue weighted by Crippen LogP contribution is -2.61. The second-order valence-corrected chi connectivity index (χ2v) is 6.73. The Morgan fingerprint density at radius 2 is 1.91 bits per heavy atom. The molecule has 1 aromatic carbocycles. The Hall–Kier alpha value is -1.88. The molecule has 2 amide bonds. The molecular weight excluding hydrogens is 290 g/mol. The van der Waals surface area contributed by atoms with Gasteiger partial charge in [-0.3, -0.25) is 9.59 Å². The lowest BCUT2D eigenvalue weighted by molar-refractivity contribution is -0.151. The average Bonchev–Trinajstić information content (AvgIpc) is 2.52. The maximum atomic E-state index is 12.8. The van der Waals surface area contributed by atoms with E-state index in [2.05, 4.69) is 13.8 Å². The quantitative estimate of drug-likeness (QED) is 0.889. The number of rotatable bonds is 5. The maximum Gasteiger partial charge on any atom is 0.245 e. The molecule has 1 heterocycles. The Balaban J connectivity index is 2.10. The van der Waals surface area contributed by atoms with Crippen molar-refractivity contribution < 1.29 is 9.59 Å². The van der Waals surface area contributed by atoms with E-state index in [1.54, 1.807) is 16.8 Å². The van der Waals surface area contributed by atoms with Crippen molar-refractivity contribution in [1.29, 1.82) is 0 Å². The van der Waals surface area contributed by atoms with Gasteiger partial charge in [-0.1, -0.05) is 44.2 Å². The fraction of sp³-hybridized carbons (Fsp3) is 0.556. The molecule has 1 fully saturated rings. The molecule has 2 N–H and O–H groups in total. The lowest BCUT2D eigenvalue weighted by atomic mass is 9.97. The number of nitrogens with two attached hydrogens (primary N) is 1. The third kappa shape index (κ3) is 4.32. The molecule has 0 bridgehead atoms. The zero-order valence-electron chi connectivity index (χ0n) is 14.2. The molecule has 1 saturated heterocycles. The molecular formula is C18H27N3O2. The van der Waals surface area contributed by atoms with Crippen LogP contribution in [0.25, 0.3) is 0 Å². The van der Waals surface area contributed by atoms with E-state index in [-0.39, 0.29) is 17.9 Å². The van der Waals surface area contributed by atoms with E-state index in [9.17, 15) is 9.59 Å². The fourth-order valence-electron chi connectivity index (χ4n) is 3.02. The van der Waals surface area contributed by atoms with Gasteiger partial charge in [0.05, 0.1) is 6.04 Å². The first-order valence-electron chi connectivity index (χ1n) is 8.25. The highest BCUT2D eigenvalue weighted by molar-refractivity contribution is 5.90. The molecule has 0 aliphatic carbocycles. The van der Waals surface area contributed by atoms with Gasteiger partial charge in [0.25, 0.3) is 0 Å². The second kappa shape index (κ2) is 7.59. The molecule has 0 spiro atoms. The molecule has 126 valence electrons. The summed E-state index contributed by atoms with van der Waals surface area (Å²) in [5.41, 5.74) is 7.17. The van der Waals surface area contributed by atoms with Crippen LogP contribution in [0.2, 0.25) is 0 Å². The maximum absolute atomic E-state index is 12.8. The van der Waals surface area contributed by atoms with Crippen LogP contribution < -0.4 is 5.73 Å². The Morgan fingerprint density at radius 1 is 1.26 bits per heavy atom. The highest BCUT2D eigenvalue weighted by Gasteiger charge is 2.37. The first kappa shape index (κ1) is 17.5. The van der Waals surface area contributed by atoms with Crippen LogP contribution in [0.5, 0.6) is 0 Å². The summed E-state index contributed by atoms with van der Waals surface area (Å²) in [6.45, 7) is 5.25. The van der Waals surface area contributed by atoms with E-state index in [1.165, 1.54) is 0 Å². The molecule has 5 nitrogen and oxygen atoms in total. The number of carbonyl (C=O) groups is 2. The molecule has 2 atom stereocenters. The summed E-state index contributed by atoms with van der Waals surface area (Å²) in [5.74, 6) is 0.238. The predicted molar refractivity (Wildman–Crippen MR) is 90.7 cm³/mol. The van der Waals surface area contributed by atoms with Crippen LogP contribution in [0.3, 0.4) is 0 Å². The van der Waals surface area contributed by atoms with Gasteiger partial charge in [-0.2, -0.15) is 0 Å². The summed E-state index contributed by atoms with van der Waals surface area (Å²) < 4.78 is 0. The predicted octanol–water partition coefficient (Wildman–Crippen LogP) is 1.27. The monoisotopic (exact) mass is 317 g/mol. The third-order valence-electron chi connectivity index (χ3n) is 4.31. The van der Waals surface area contributed by atoms with Gasteiger partial charge in [0, 0.05) is 20.1 Å². The van der Waals surface area contributed by atoms with E-state index in [1.807, 2.05) is 30.3 Å². The van der Waals surface area contributed by atoms with Gasteiger partial charge < -0.3 is 15.5 Å². The first-order chi connectivity index (χ1) is 10.9. The minimum Gasteiger partial charge on any atom is -0.342 e. The lowest BCUT2D eigenvalue weighted by Gasteiger charge is -2.41. The van der Waals surface area contributed by atoms with E-state index < -0.39 is 6.04 Å². The minimum atomic E-state index is -0.608. The molecule has 1 unspecified atom stereocenters.